The molecule has 0 radical (unpaired) electrons. The fraction of sp³-hybridized carbons (Fsp3) is 0.462. The van der Waals surface area contributed by atoms with Crippen LogP contribution in [0.4, 0.5) is 11.4 Å². The molecule has 1 aromatic carbocycles. The highest BCUT2D eigenvalue weighted by molar-refractivity contribution is 5.78. The van der Waals surface area contributed by atoms with Crippen LogP contribution in [0.5, 0.6) is 5.75 Å². The zero-order valence-corrected chi connectivity index (χ0v) is 10.0. The van der Waals surface area contributed by atoms with Gasteiger partial charge in [0.1, 0.15) is 5.75 Å². The molecule has 1 saturated heterocycles. The van der Waals surface area contributed by atoms with Crippen LogP contribution in [0.25, 0.3) is 0 Å². The second-order valence-corrected chi connectivity index (χ2v) is 4.45. The molecule has 0 aromatic heterocycles. The van der Waals surface area contributed by atoms with Crippen LogP contribution in [0.15, 0.2) is 23.2 Å². The fourth-order valence-electron chi connectivity index (χ4n) is 2.53. The van der Waals surface area contributed by atoms with Gasteiger partial charge >= 0.3 is 0 Å². The molecule has 1 fully saturated rings. The molecule has 1 N–H and O–H groups in total. The number of piperazine rings is 1. The summed E-state index contributed by atoms with van der Waals surface area (Å²) in [6.45, 7) is 3.10. The topological polar surface area (TPSA) is 36.9 Å². The number of hydrogen-bond donors (Lipinski definition) is 1. The minimum absolute atomic E-state index is 0.515. The zero-order chi connectivity index (χ0) is 11.7. The lowest BCUT2D eigenvalue weighted by Gasteiger charge is -2.37. The summed E-state index contributed by atoms with van der Waals surface area (Å²) in [7, 11) is 1.71. The Morgan fingerprint density at radius 3 is 3.29 bits per heavy atom. The monoisotopic (exact) mass is 231 g/mol. The first kappa shape index (κ1) is 10.6. The third-order valence-corrected chi connectivity index (χ3v) is 3.45. The van der Waals surface area contributed by atoms with E-state index in [9.17, 15) is 0 Å². The van der Waals surface area contributed by atoms with Crippen molar-refractivity contribution in [1.29, 1.82) is 0 Å². The molecule has 1 unspecified atom stereocenters. The number of anilines is 1. The molecule has 2 aliphatic rings. The molecule has 3 rings (SSSR count). The molecule has 0 spiro atoms. The predicted octanol–water partition coefficient (Wildman–Crippen LogP) is 1.58. The third kappa shape index (κ3) is 1.89. The van der Waals surface area contributed by atoms with Gasteiger partial charge in [0.05, 0.1) is 18.5 Å². The molecule has 17 heavy (non-hydrogen) atoms. The zero-order valence-electron chi connectivity index (χ0n) is 10.0. The molecule has 2 aliphatic heterocycles. The van der Waals surface area contributed by atoms with E-state index in [-0.39, 0.29) is 0 Å². The van der Waals surface area contributed by atoms with Crippen LogP contribution in [0, 0.1) is 0 Å². The van der Waals surface area contributed by atoms with Crippen molar-refractivity contribution >= 4 is 17.6 Å². The molecule has 4 heteroatoms. The number of aliphatic imine (C=N–C) groups is 1. The van der Waals surface area contributed by atoms with E-state index in [1.165, 1.54) is 5.69 Å². The van der Waals surface area contributed by atoms with E-state index in [0.29, 0.717) is 6.04 Å². The largest absolute Gasteiger partial charge is 0.497 e. The maximum absolute atomic E-state index is 5.31. The van der Waals surface area contributed by atoms with Crippen molar-refractivity contribution in [2.75, 3.05) is 31.6 Å². The second kappa shape index (κ2) is 4.37. The number of benzene rings is 1. The van der Waals surface area contributed by atoms with Gasteiger partial charge in [-0.2, -0.15) is 0 Å². The Hall–Kier alpha value is -1.55. The number of methoxy groups -OCH3 is 1. The summed E-state index contributed by atoms with van der Waals surface area (Å²) in [6, 6.07) is 6.62. The van der Waals surface area contributed by atoms with Crippen molar-refractivity contribution < 1.29 is 4.74 Å². The van der Waals surface area contributed by atoms with Gasteiger partial charge in [0.2, 0.25) is 0 Å². The summed E-state index contributed by atoms with van der Waals surface area (Å²) < 4.78 is 5.31. The van der Waals surface area contributed by atoms with Crippen LogP contribution in [-0.2, 0) is 0 Å². The smallest absolute Gasteiger partial charge is 0.121 e. The predicted molar refractivity (Wildman–Crippen MR) is 69.8 cm³/mol. The molecule has 2 heterocycles. The van der Waals surface area contributed by atoms with E-state index < -0.39 is 0 Å². The molecule has 1 aromatic rings. The Morgan fingerprint density at radius 2 is 2.41 bits per heavy atom. The highest BCUT2D eigenvalue weighted by Gasteiger charge is 2.25. The number of nitrogens with one attached hydrogen (secondary N) is 1. The molecule has 4 nitrogen and oxygen atoms in total. The first-order valence-corrected chi connectivity index (χ1v) is 6.06. The van der Waals surface area contributed by atoms with E-state index in [0.717, 1.165) is 37.5 Å². The summed E-state index contributed by atoms with van der Waals surface area (Å²) in [5.74, 6) is 0.901. The minimum Gasteiger partial charge on any atom is -0.497 e. The molecule has 0 amide bonds. The van der Waals surface area contributed by atoms with Crippen LogP contribution >= 0.6 is 0 Å². The second-order valence-electron chi connectivity index (χ2n) is 4.45. The molecule has 0 aliphatic carbocycles. The summed E-state index contributed by atoms with van der Waals surface area (Å²) >= 11 is 0. The van der Waals surface area contributed by atoms with Gasteiger partial charge in [-0.25, -0.2) is 0 Å². The summed E-state index contributed by atoms with van der Waals surface area (Å²) in [6.07, 6.45) is 3.03. The quantitative estimate of drug-likeness (QED) is 0.797. The van der Waals surface area contributed by atoms with Crippen molar-refractivity contribution in [3.63, 3.8) is 0 Å². The first-order chi connectivity index (χ1) is 8.38. The Balaban J connectivity index is 2.04. The average Bonchev–Trinajstić information content (AvgIpc) is 2.57. The van der Waals surface area contributed by atoms with Gasteiger partial charge < -0.3 is 15.0 Å². The van der Waals surface area contributed by atoms with Crippen molar-refractivity contribution in [2.45, 2.75) is 12.5 Å². The van der Waals surface area contributed by atoms with E-state index in [4.69, 9.17) is 4.74 Å². The van der Waals surface area contributed by atoms with E-state index >= 15 is 0 Å². The van der Waals surface area contributed by atoms with Crippen molar-refractivity contribution in [3.05, 3.63) is 18.2 Å². The van der Waals surface area contributed by atoms with Crippen molar-refractivity contribution in [1.82, 2.24) is 5.32 Å². The van der Waals surface area contributed by atoms with E-state index in [1.54, 1.807) is 7.11 Å². The molecule has 90 valence electrons. The normalized spacial score (nSPS) is 22.6. The Morgan fingerprint density at radius 1 is 1.47 bits per heavy atom. The molecular formula is C13H17N3O. The maximum atomic E-state index is 5.31. The lowest BCUT2D eigenvalue weighted by atomic mass is 10.1. The summed E-state index contributed by atoms with van der Waals surface area (Å²) in [5.41, 5.74) is 2.25. The number of ether oxygens (including phenoxy) is 1. The molecule has 0 bridgehead atoms. The Labute approximate surface area is 101 Å². The Bertz CT molecular complexity index is 444. The van der Waals surface area contributed by atoms with Gasteiger partial charge in [-0.15, -0.1) is 0 Å². The van der Waals surface area contributed by atoms with Gasteiger partial charge in [-0.05, 0) is 12.1 Å². The van der Waals surface area contributed by atoms with Crippen LogP contribution in [-0.4, -0.2) is 39.0 Å². The number of rotatable bonds is 1. The van der Waals surface area contributed by atoms with Crippen LogP contribution in [0.3, 0.4) is 0 Å². The average molecular weight is 231 g/mol. The summed E-state index contributed by atoms with van der Waals surface area (Å²) in [4.78, 5) is 6.98. The van der Waals surface area contributed by atoms with Gasteiger partial charge in [0.25, 0.3) is 0 Å². The first-order valence-electron chi connectivity index (χ1n) is 6.06. The van der Waals surface area contributed by atoms with E-state index in [2.05, 4.69) is 21.3 Å². The fourth-order valence-corrected chi connectivity index (χ4v) is 2.53. The van der Waals surface area contributed by atoms with Gasteiger partial charge in [-0.3, -0.25) is 4.99 Å². The molecule has 0 saturated carbocycles. The Kier molecular flexibility index (Phi) is 2.73. The van der Waals surface area contributed by atoms with Crippen molar-refractivity contribution in [2.24, 2.45) is 4.99 Å². The lowest BCUT2D eigenvalue weighted by Crippen LogP contribution is -2.51. The highest BCUT2D eigenvalue weighted by Crippen LogP contribution is 2.36. The van der Waals surface area contributed by atoms with Crippen LogP contribution in [0.1, 0.15) is 6.42 Å². The van der Waals surface area contributed by atoms with Crippen LogP contribution in [0.2, 0.25) is 0 Å². The number of nitrogens with zero attached hydrogens (tertiary/aromatic N) is 2. The number of hydrogen-bond acceptors (Lipinski definition) is 4. The number of fused-ring (bicyclic) bond motifs is 3. The lowest BCUT2D eigenvalue weighted by molar-refractivity contribution is 0.414. The highest BCUT2D eigenvalue weighted by atomic mass is 16.5. The minimum atomic E-state index is 0.515. The standard InChI is InChI=1S/C13H17N3O/c1-17-11-2-3-12-13(8-11)16-7-6-14-9-10(16)4-5-15-12/h2-3,5,8,10,14H,4,6-7,9H2,1H3. The summed E-state index contributed by atoms with van der Waals surface area (Å²) in [5, 5.41) is 3.44. The maximum Gasteiger partial charge on any atom is 0.121 e. The molecule has 1 atom stereocenters. The third-order valence-electron chi connectivity index (χ3n) is 3.45. The van der Waals surface area contributed by atoms with Crippen molar-refractivity contribution in [3.8, 4) is 5.75 Å². The van der Waals surface area contributed by atoms with Gasteiger partial charge in [-0.1, -0.05) is 0 Å². The van der Waals surface area contributed by atoms with Crippen LogP contribution < -0.4 is 15.0 Å². The molecular weight excluding hydrogens is 214 g/mol. The van der Waals surface area contributed by atoms with E-state index in [1.807, 2.05) is 18.3 Å². The van der Waals surface area contributed by atoms with Gasteiger partial charge in [0, 0.05) is 44.4 Å². The SMILES string of the molecule is COc1ccc2c(c1)N1CCNCC1CC=N2. The van der Waals surface area contributed by atoms with Gasteiger partial charge in [0.15, 0.2) is 0 Å².